The van der Waals surface area contributed by atoms with Gasteiger partial charge in [-0.2, -0.15) is 0 Å². The van der Waals surface area contributed by atoms with Crippen molar-refractivity contribution < 1.29 is 19.1 Å². The minimum absolute atomic E-state index is 0.176. The summed E-state index contributed by atoms with van der Waals surface area (Å²) in [5.74, 6) is -0.431. The maximum atomic E-state index is 12.2. The largest absolute Gasteiger partial charge is 0.452 e. The number of anilines is 2. The fraction of sp³-hybridized carbons (Fsp3) is 0.182. The van der Waals surface area contributed by atoms with Gasteiger partial charge in [-0.05, 0) is 55.5 Å². The van der Waals surface area contributed by atoms with Gasteiger partial charge in [-0.15, -0.1) is 23.1 Å². The van der Waals surface area contributed by atoms with E-state index in [-0.39, 0.29) is 5.91 Å². The van der Waals surface area contributed by atoms with Crippen molar-refractivity contribution in [2.24, 2.45) is 0 Å². The number of ether oxygens (including phenoxy) is 1. The van der Waals surface area contributed by atoms with Crippen molar-refractivity contribution in [3.8, 4) is 0 Å². The minimum atomic E-state index is -0.567. The Balaban J connectivity index is 1.44. The second-order valence-corrected chi connectivity index (χ2v) is 8.66. The molecular formula is C22H21N3O4S2. The average Bonchev–Trinajstić information content (AvgIpc) is 3.17. The molecule has 9 heteroatoms. The Morgan fingerprint density at radius 1 is 1.00 bits per heavy atom. The molecule has 3 rings (SSSR count). The molecule has 0 saturated heterocycles. The molecule has 2 N–H and O–H groups in total. The van der Waals surface area contributed by atoms with Crippen molar-refractivity contribution in [1.82, 2.24) is 4.98 Å². The van der Waals surface area contributed by atoms with Gasteiger partial charge in [0.25, 0.3) is 5.91 Å². The number of carbonyl (C=O) groups excluding carboxylic acids is 3. The lowest BCUT2D eigenvalue weighted by Gasteiger charge is -2.08. The lowest BCUT2D eigenvalue weighted by molar-refractivity contribution is -0.119. The molecule has 2 amide bonds. The van der Waals surface area contributed by atoms with Crippen LogP contribution in [0.2, 0.25) is 0 Å². The first kappa shape index (κ1) is 22.5. The number of carbonyl (C=O) groups is 3. The van der Waals surface area contributed by atoms with Crippen LogP contribution in [0.4, 0.5) is 11.4 Å². The highest BCUT2D eigenvalue weighted by Gasteiger charge is 2.11. The molecule has 0 unspecified atom stereocenters. The van der Waals surface area contributed by atoms with E-state index < -0.39 is 18.5 Å². The van der Waals surface area contributed by atoms with E-state index in [1.807, 2.05) is 24.4 Å². The Kier molecular flexibility index (Phi) is 7.80. The Morgan fingerprint density at radius 2 is 1.65 bits per heavy atom. The number of aryl methyl sites for hydroxylation is 1. The monoisotopic (exact) mass is 455 g/mol. The van der Waals surface area contributed by atoms with Crippen LogP contribution in [0, 0.1) is 6.92 Å². The summed E-state index contributed by atoms with van der Waals surface area (Å²) in [6.07, 6.45) is 0. The number of esters is 1. The minimum Gasteiger partial charge on any atom is -0.452 e. The number of thioether (sulfide) groups is 1. The third kappa shape index (κ3) is 7.23. The van der Waals surface area contributed by atoms with Crippen LogP contribution < -0.4 is 10.6 Å². The van der Waals surface area contributed by atoms with Gasteiger partial charge >= 0.3 is 5.97 Å². The third-order valence-electron chi connectivity index (χ3n) is 3.97. The van der Waals surface area contributed by atoms with Gasteiger partial charge in [-0.3, -0.25) is 9.59 Å². The van der Waals surface area contributed by atoms with Crippen molar-refractivity contribution >= 4 is 52.3 Å². The van der Waals surface area contributed by atoms with E-state index in [0.717, 1.165) is 21.3 Å². The van der Waals surface area contributed by atoms with Crippen molar-refractivity contribution in [3.05, 3.63) is 70.2 Å². The van der Waals surface area contributed by atoms with Crippen molar-refractivity contribution in [2.45, 2.75) is 24.5 Å². The molecule has 0 atom stereocenters. The molecule has 31 heavy (non-hydrogen) atoms. The van der Waals surface area contributed by atoms with Crippen LogP contribution in [0.3, 0.4) is 0 Å². The predicted molar refractivity (Wildman–Crippen MR) is 123 cm³/mol. The normalized spacial score (nSPS) is 10.4. The molecule has 0 aliphatic heterocycles. The summed E-state index contributed by atoms with van der Waals surface area (Å²) < 4.78 is 5.09. The zero-order chi connectivity index (χ0) is 22.2. The molecule has 0 spiro atoms. The Hall–Kier alpha value is -3.17. The van der Waals surface area contributed by atoms with Crippen LogP contribution in [-0.4, -0.2) is 29.4 Å². The maximum Gasteiger partial charge on any atom is 0.338 e. The first-order valence-electron chi connectivity index (χ1n) is 9.37. The number of thiazole rings is 1. The van der Waals surface area contributed by atoms with E-state index in [0.29, 0.717) is 16.9 Å². The number of nitrogens with zero attached hydrogens (tertiary/aromatic N) is 1. The fourth-order valence-electron chi connectivity index (χ4n) is 2.57. The molecule has 7 nitrogen and oxygen atoms in total. The molecule has 0 bridgehead atoms. The van der Waals surface area contributed by atoms with Crippen LogP contribution in [0.5, 0.6) is 0 Å². The van der Waals surface area contributed by atoms with Crippen molar-refractivity contribution in [2.75, 3.05) is 17.2 Å². The standard InChI is InChI=1S/C22H21N3O4S2/c1-14(26)23-17-5-7-18(8-6-17)25-21(27)11-29-22(28)16-3-9-20(10-4-16)31-13-19-12-30-15(2)24-19/h3-10,12H,11,13H2,1-2H3,(H,23,26)(H,25,27). The highest BCUT2D eigenvalue weighted by atomic mass is 32.2. The molecule has 1 aromatic heterocycles. The number of hydrogen-bond donors (Lipinski definition) is 2. The quantitative estimate of drug-likeness (QED) is 0.383. The van der Waals surface area contributed by atoms with Gasteiger partial charge in [-0.25, -0.2) is 9.78 Å². The van der Waals surface area contributed by atoms with Gasteiger partial charge in [0.15, 0.2) is 6.61 Å². The van der Waals surface area contributed by atoms with E-state index in [9.17, 15) is 14.4 Å². The molecule has 2 aromatic carbocycles. The highest BCUT2D eigenvalue weighted by molar-refractivity contribution is 7.98. The van der Waals surface area contributed by atoms with Gasteiger partial charge in [0.05, 0.1) is 16.3 Å². The first-order chi connectivity index (χ1) is 14.9. The molecule has 0 aliphatic carbocycles. The number of nitrogens with one attached hydrogen (secondary N) is 2. The number of rotatable bonds is 8. The van der Waals surface area contributed by atoms with Crippen LogP contribution in [-0.2, 0) is 20.1 Å². The number of hydrogen-bond acceptors (Lipinski definition) is 7. The molecule has 1 heterocycles. The summed E-state index contributed by atoms with van der Waals surface area (Å²) in [5, 5.41) is 8.35. The predicted octanol–water partition coefficient (Wildman–Crippen LogP) is 4.50. The SMILES string of the molecule is CC(=O)Nc1ccc(NC(=O)COC(=O)c2ccc(SCc3csc(C)n3)cc2)cc1. The van der Waals surface area contributed by atoms with Crippen LogP contribution in [0.1, 0.15) is 28.0 Å². The van der Waals surface area contributed by atoms with Gasteiger partial charge in [0, 0.05) is 34.3 Å². The number of benzene rings is 2. The Morgan fingerprint density at radius 3 is 2.23 bits per heavy atom. The molecule has 3 aromatic rings. The topological polar surface area (TPSA) is 97.4 Å². The molecule has 0 saturated carbocycles. The molecule has 160 valence electrons. The van der Waals surface area contributed by atoms with Gasteiger partial charge in [-0.1, -0.05) is 0 Å². The van der Waals surface area contributed by atoms with Crippen LogP contribution in [0.25, 0.3) is 0 Å². The van der Waals surface area contributed by atoms with Crippen LogP contribution in [0.15, 0.2) is 58.8 Å². The highest BCUT2D eigenvalue weighted by Crippen LogP contribution is 2.24. The summed E-state index contributed by atoms with van der Waals surface area (Å²) in [6, 6.07) is 13.7. The zero-order valence-corrected chi connectivity index (χ0v) is 18.6. The summed E-state index contributed by atoms with van der Waals surface area (Å²) in [7, 11) is 0. The van der Waals surface area contributed by atoms with E-state index in [1.54, 1.807) is 59.5 Å². The summed E-state index contributed by atoms with van der Waals surface area (Å²) in [6.45, 7) is 3.00. The van der Waals surface area contributed by atoms with Gasteiger partial charge in [0.1, 0.15) is 0 Å². The second kappa shape index (κ2) is 10.7. The van der Waals surface area contributed by atoms with Crippen molar-refractivity contribution in [3.63, 3.8) is 0 Å². The van der Waals surface area contributed by atoms with Crippen molar-refractivity contribution in [1.29, 1.82) is 0 Å². The maximum absolute atomic E-state index is 12.2. The first-order valence-corrected chi connectivity index (χ1v) is 11.2. The molecule has 0 aliphatic rings. The van der Waals surface area contributed by atoms with E-state index >= 15 is 0 Å². The summed E-state index contributed by atoms with van der Waals surface area (Å²) in [5.41, 5.74) is 2.57. The lowest BCUT2D eigenvalue weighted by atomic mass is 10.2. The smallest absolute Gasteiger partial charge is 0.338 e. The number of amides is 2. The van der Waals surface area contributed by atoms with E-state index in [4.69, 9.17) is 4.74 Å². The van der Waals surface area contributed by atoms with Gasteiger partial charge in [0.2, 0.25) is 5.91 Å². The summed E-state index contributed by atoms with van der Waals surface area (Å²) in [4.78, 5) is 40.7. The molecule has 0 fully saturated rings. The van der Waals surface area contributed by atoms with E-state index in [1.165, 1.54) is 6.92 Å². The molecule has 0 radical (unpaired) electrons. The Labute approximate surface area is 188 Å². The fourth-order valence-corrected chi connectivity index (χ4v) is 4.08. The van der Waals surface area contributed by atoms with E-state index in [2.05, 4.69) is 15.6 Å². The molecular weight excluding hydrogens is 434 g/mol. The second-order valence-electron chi connectivity index (χ2n) is 6.55. The zero-order valence-electron chi connectivity index (χ0n) is 17.0. The summed E-state index contributed by atoms with van der Waals surface area (Å²) >= 11 is 3.26. The average molecular weight is 456 g/mol. The number of aromatic nitrogens is 1. The van der Waals surface area contributed by atoms with Crippen LogP contribution >= 0.6 is 23.1 Å². The third-order valence-corrected chi connectivity index (χ3v) is 5.83. The Bertz CT molecular complexity index is 1060. The van der Waals surface area contributed by atoms with Gasteiger partial charge < -0.3 is 15.4 Å². The lowest BCUT2D eigenvalue weighted by Crippen LogP contribution is -2.20.